The number of hydrogen-bond acceptors (Lipinski definition) is 1. The molecule has 1 atom stereocenters. The van der Waals surface area contributed by atoms with Gasteiger partial charge in [0.25, 0.3) is 0 Å². The van der Waals surface area contributed by atoms with Gasteiger partial charge in [0.1, 0.15) is 0 Å². The van der Waals surface area contributed by atoms with Crippen molar-refractivity contribution in [1.29, 1.82) is 0 Å². The molecule has 0 rings (SSSR count). The average Bonchev–Trinajstić information content (AvgIpc) is 2.09. The maximum Gasteiger partial charge on any atom is -0.00186 e. The van der Waals surface area contributed by atoms with E-state index in [9.17, 15) is 0 Å². The minimum atomic E-state index is 0.494. The van der Waals surface area contributed by atoms with E-state index in [1.54, 1.807) is 0 Å². The number of unbranched alkanes of at least 4 members (excludes halogenated alkanes) is 1. The summed E-state index contributed by atoms with van der Waals surface area (Å²) in [5.74, 6) is 3.63. The van der Waals surface area contributed by atoms with Crippen molar-refractivity contribution in [3.05, 3.63) is 0 Å². The van der Waals surface area contributed by atoms with Crippen LogP contribution in [0.4, 0.5) is 0 Å². The van der Waals surface area contributed by atoms with Gasteiger partial charge in [0.15, 0.2) is 0 Å². The van der Waals surface area contributed by atoms with Crippen LogP contribution in [0, 0.1) is 11.3 Å². The first-order valence-corrected chi connectivity index (χ1v) is 7.22. The molecule has 14 heavy (non-hydrogen) atoms. The first-order chi connectivity index (χ1) is 6.49. The van der Waals surface area contributed by atoms with E-state index in [4.69, 9.17) is 0 Å². The van der Waals surface area contributed by atoms with Crippen LogP contribution in [0.15, 0.2) is 0 Å². The zero-order valence-corrected chi connectivity index (χ0v) is 11.5. The van der Waals surface area contributed by atoms with Crippen molar-refractivity contribution < 1.29 is 0 Å². The average molecular weight is 216 g/mol. The van der Waals surface area contributed by atoms with Crippen LogP contribution in [-0.4, -0.2) is 11.5 Å². The molecule has 0 bridgehead atoms. The molecule has 0 fully saturated rings. The molecule has 86 valence electrons. The summed E-state index contributed by atoms with van der Waals surface area (Å²) in [5, 5.41) is 0. The summed E-state index contributed by atoms with van der Waals surface area (Å²) in [6.45, 7) is 11.6. The minimum Gasteiger partial charge on any atom is -0.161 e. The van der Waals surface area contributed by atoms with Gasteiger partial charge < -0.3 is 0 Å². The Morgan fingerprint density at radius 1 is 1.14 bits per heavy atom. The molecule has 0 amide bonds. The zero-order valence-electron chi connectivity index (χ0n) is 10.7. The summed E-state index contributed by atoms with van der Waals surface area (Å²) in [6.07, 6.45) is 5.55. The first-order valence-electron chi connectivity index (χ1n) is 6.07. The molecule has 0 saturated heterocycles. The molecule has 1 unspecified atom stereocenters. The molecular formula is C13H28S. The van der Waals surface area contributed by atoms with Crippen LogP contribution in [-0.2, 0) is 0 Å². The lowest BCUT2D eigenvalue weighted by atomic mass is 10.0. The van der Waals surface area contributed by atoms with Gasteiger partial charge in [-0.25, -0.2) is 0 Å². The Kier molecular flexibility index (Phi) is 7.81. The van der Waals surface area contributed by atoms with Gasteiger partial charge in [0.2, 0.25) is 0 Å². The largest absolute Gasteiger partial charge is 0.161 e. The predicted octanol–water partition coefficient (Wildman–Crippen LogP) is 4.98. The maximum absolute atomic E-state index is 2.33. The highest BCUT2D eigenvalue weighted by atomic mass is 32.2. The van der Waals surface area contributed by atoms with Gasteiger partial charge in [-0.2, -0.15) is 11.8 Å². The molecule has 0 saturated carbocycles. The quantitative estimate of drug-likeness (QED) is 0.578. The highest BCUT2D eigenvalue weighted by Crippen LogP contribution is 2.24. The van der Waals surface area contributed by atoms with Crippen molar-refractivity contribution in [1.82, 2.24) is 0 Å². The van der Waals surface area contributed by atoms with Crippen LogP contribution in [0.2, 0.25) is 0 Å². The number of hydrogen-bond donors (Lipinski definition) is 0. The van der Waals surface area contributed by atoms with Crippen LogP contribution in [0.3, 0.4) is 0 Å². The summed E-state index contributed by atoms with van der Waals surface area (Å²) in [6, 6.07) is 0. The SMILES string of the molecule is CCCCC(CC)CSCC(C)(C)C. The third-order valence-corrected chi connectivity index (χ3v) is 4.21. The normalized spacial score (nSPS) is 14.4. The van der Waals surface area contributed by atoms with Crippen molar-refractivity contribution in [3.63, 3.8) is 0 Å². The monoisotopic (exact) mass is 216 g/mol. The van der Waals surface area contributed by atoms with Gasteiger partial charge in [-0.1, -0.05) is 53.9 Å². The van der Waals surface area contributed by atoms with Crippen molar-refractivity contribution in [2.75, 3.05) is 11.5 Å². The Bertz CT molecular complexity index is 124. The Balaban J connectivity index is 3.52. The van der Waals surface area contributed by atoms with E-state index in [0.717, 1.165) is 5.92 Å². The smallest absolute Gasteiger partial charge is 0.00186 e. The lowest BCUT2D eigenvalue weighted by Gasteiger charge is -2.20. The Morgan fingerprint density at radius 2 is 1.79 bits per heavy atom. The summed E-state index contributed by atoms with van der Waals surface area (Å²) in [4.78, 5) is 0. The van der Waals surface area contributed by atoms with E-state index in [1.807, 2.05) is 0 Å². The van der Waals surface area contributed by atoms with Gasteiger partial charge >= 0.3 is 0 Å². The van der Waals surface area contributed by atoms with Crippen molar-refractivity contribution >= 4 is 11.8 Å². The molecular weight excluding hydrogens is 188 g/mol. The minimum absolute atomic E-state index is 0.494. The molecule has 0 aliphatic rings. The standard InChI is InChI=1S/C13H28S/c1-6-8-9-12(7-2)10-14-11-13(3,4)5/h12H,6-11H2,1-5H3. The molecule has 0 aromatic carbocycles. The van der Waals surface area contributed by atoms with E-state index in [1.165, 1.54) is 37.2 Å². The van der Waals surface area contributed by atoms with Crippen LogP contribution in [0.25, 0.3) is 0 Å². The molecule has 0 heterocycles. The van der Waals surface area contributed by atoms with E-state index in [2.05, 4.69) is 46.4 Å². The first kappa shape index (κ1) is 14.3. The molecule has 0 aliphatic heterocycles. The van der Waals surface area contributed by atoms with E-state index < -0.39 is 0 Å². The summed E-state index contributed by atoms with van der Waals surface area (Å²) >= 11 is 2.14. The molecule has 0 N–H and O–H groups in total. The van der Waals surface area contributed by atoms with Crippen LogP contribution >= 0.6 is 11.8 Å². The van der Waals surface area contributed by atoms with Crippen LogP contribution in [0.1, 0.15) is 60.3 Å². The van der Waals surface area contributed by atoms with Gasteiger partial charge in [0, 0.05) is 0 Å². The van der Waals surface area contributed by atoms with E-state index >= 15 is 0 Å². The van der Waals surface area contributed by atoms with E-state index in [0.29, 0.717) is 5.41 Å². The third-order valence-electron chi connectivity index (χ3n) is 2.43. The fourth-order valence-electron chi connectivity index (χ4n) is 1.43. The fourth-order valence-corrected chi connectivity index (χ4v) is 2.90. The second kappa shape index (κ2) is 7.62. The molecule has 0 nitrogen and oxygen atoms in total. The van der Waals surface area contributed by atoms with Crippen LogP contribution in [0.5, 0.6) is 0 Å². The second-order valence-electron chi connectivity index (χ2n) is 5.49. The van der Waals surface area contributed by atoms with Crippen molar-refractivity contribution in [2.24, 2.45) is 11.3 Å². The fraction of sp³-hybridized carbons (Fsp3) is 1.00. The number of rotatable bonds is 7. The maximum atomic E-state index is 2.33. The molecule has 0 aliphatic carbocycles. The lowest BCUT2D eigenvalue weighted by Crippen LogP contribution is -2.11. The Labute approximate surface area is 95.2 Å². The van der Waals surface area contributed by atoms with Gasteiger partial charge in [-0.05, 0) is 29.3 Å². The van der Waals surface area contributed by atoms with Gasteiger partial charge in [0.05, 0.1) is 0 Å². The topological polar surface area (TPSA) is 0 Å². The lowest BCUT2D eigenvalue weighted by molar-refractivity contribution is 0.474. The van der Waals surface area contributed by atoms with Gasteiger partial charge in [-0.3, -0.25) is 0 Å². The summed E-state index contributed by atoms with van der Waals surface area (Å²) < 4.78 is 0. The second-order valence-corrected chi connectivity index (χ2v) is 6.52. The molecule has 0 aromatic heterocycles. The Morgan fingerprint density at radius 3 is 2.21 bits per heavy atom. The van der Waals surface area contributed by atoms with Crippen molar-refractivity contribution in [3.8, 4) is 0 Å². The predicted molar refractivity (Wildman–Crippen MR) is 70.1 cm³/mol. The molecule has 0 aromatic rings. The van der Waals surface area contributed by atoms with Crippen LogP contribution < -0.4 is 0 Å². The zero-order chi connectivity index (χ0) is 11.0. The molecule has 1 heteroatoms. The highest BCUT2D eigenvalue weighted by Gasteiger charge is 2.12. The molecule has 0 spiro atoms. The van der Waals surface area contributed by atoms with Gasteiger partial charge in [-0.15, -0.1) is 0 Å². The third kappa shape index (κ3) is 8.93. The van der Waals surface area contributed by atoms with E-state index in [-0.39, 0.29) is 0 Å². The molecule has 0 radical (unpaired) electrons. The highest BCUT2D eigenvalue weighted by molar-refractivity contribution is 7.99. The van der Waals surface area contributed by atoms with Crippen molar-refractivity contribution in [2.45, 2.75) is 60.3 Å². The number of thioether (sulfide) groups is 1. The summed E-state index contributed by atoms with van der Waals surface area (Å²) in [5.41, 5.74) is 0.494. The summed E-state index contributed by atoms with van der Waals surface area (Å²) in [7, 11) is 0. The Hall–Kier alpha value is 0.350.